The van der Waals surface area contributed by atoms with Gasteiger partial charge in [-0.05, 0) is 52.9 Å². The smallest absolute Gasteiger partial charge is 0.244 e. The van der Waals surface area contributed by atoms with Crippen LogP contribution in [0.5, 0.6) is 0 Å². The molecule has 5 nitrogen and oxygen atoms in total. The van der Waals surface area contributed by atoms with Gasteiger partial charge in [0.05, 0.1) is 11.8 Å². The molecule has 1 aliphatic heterocycles. The van der Waals surface area contributed by atoms with Crippen molar-refractivity contribution in [2.45, 2.75) is 16.7 Å². The second-order valence-electron chi connectivity index (χ2n) is 9.24. The predicted molar refractivity (Wildman–Crippen MR) is 137 cm³/mol. The molecule has 3 aromatic rings. The number of carbonyl (C=O) groups excluding carboxylic acids is 3. The van der Waals surface area contributed by atoms with Gasteiger partial charge in [-0.3, -0.25) is 19.3 Å². The first-order valence-electron chi connectivity index (χ1n) is 11.2. The Balaban J connectivity index is 1.40. The molecule has 35 heavy (non-hydrogen) atoms. The molecule has 3 aromatic carbocycles. The minimum Gasteiger partial charge on any atom is -0.325 e. The molecule has 1 saturated heterocycles. The summed E-state index contributed by atoms with van der Waals surface area (Å²) in [6.07, 6.45) is 0. The van der Waals surface area contributed by atoms with Crippen molar-refractivity contribution < 1.29 is 14.4 Å². The van der Waals surface area contributed by atoms with Crippen molar-refractivity contribution in [1.29, 1.82) is 0 Å². The van der Waals surface area contributed by atoms with Gasteiger partial charge in [0.25, 0.3) is 0 Å². The minimum absolute atomic E-state index is 0.410. The number of rotatable bonds is 3. The van der Waals surface area contributed by atoms with Crippen molar-refractivity contribution >= 4 is 62.5 Å². The quantitative estimate of drug-likeness (QED) is 0.344. The Morgan fingerprint density at radius 2 is 1.34 bits per heavy atom. The number of carbonyl (C=O) groups is 3. The molecule has 3 amide bonds. The van der Waals surface area contributed by atoms with E-state index in [0.717, 1.165) is 37.2 Å². The van der Waals surface area contributed by atoms with Gasteiger partial charge in [-0.15, -0.1) is 23.2 Å². The molecule has 0 saturated carbocycles. The molecule has 0 spiro atoms. The second kappa shape index (κ2) is 7.66. The first kappa shape index (κ1) is 22.8. The topological polar surface area (TPSA) is 66.5 Å². The fraction of sp³-hybridized carbons (Fsp3) is 0.222. The number of halogens is 3. The van der Waals surface area contributed by atoms with Crippen LogP contribution in [0.15, 0.2) is 71.2 Å². The summed E-state index contributed by atoms with van der Waals surface area (Å²) in [4.78, 5) is 38.9. The van der Waals surface area contributed by atoms with Crippen LogP contribution in [0.2, 0.25) is 0 Å². The van der Waals surface area contributed by atoms with Gasteiger partial charge in [0, 0.05) is 10.2 Å². The van der Waals surface area contributed by atoms with Gasteiger partial charge in [-0.25, -0.2) is 0 Å². The standard InChI is InChI=1S/C27H19BrCl2N2O3/c1-14-12-15(10-11-20(14)28)31-21(33)13-32-24(34)22-23(25(32)35)27(30)17-7-3-2-6-16(17)26(22,29)18-8-4-5-9-19(18)27/h2-12,22-23H,13H2,1H3,(H,31,33)/t22-,23-,26?,27?/m0/s1. The third kappa shape index (κ3) is 2.90. The Hall–Kier alpha value is -2.67. The zero-order valence-corrected chi connectivity index (χ0v) is 21.6. The van der Waals surface area contributed by atoms with Crippen LogP contribution in [0.25, 0.3) is 0 Å². The molecular weight excluding hydrogens is 551 g/mol. The van der Waals surface area contributed by atoms with Gasteiger partial charge in [0.1, 0.15) is 16.3 Å². The number of hydrogen-bond acceptors (Lipinski definition) is 3. The van der Waals surface area contributed by atoms with Gasteiger partial charge in [-0.1, -0.05) is 64.5 Å². The monoisotopic (exact) mass is 568 g/mol. The summed E-state index contributed by atoms with van der Waals surface area (Å²) in [5, 5.41) is 2.78. The normalized spacial score (nSPS) is 27.9. The number of nitrogens with one attached hydrogen (secondary N) is 1. The maximum Gasteiger partial charge on any atom is 0.244 e. The summed E-state index contributed by atoms with van der Waals surface area (Å²) in [5.74, 6) is -3.26. The summed E-state index contributed by atoms with van der Waals surface area (Å²) in [6.45, 7) is 1.50. The third-order valence-corrected chi connectivity index (χ3v) is 9.59. The van der Waals surface area contributed by atoms with Crippen molar-refractivity contribution in [3.8, 4) is 0 Å². The summed E-state index contributed by atoms with van der Waals surface area (Å²) in [7, 11) is 0. The summed E-state index contributed by atoms with van der Waals surface area (Å²) >= 11 is 18.2. The van der Waals surface area contributed by atoms with Crippen LogP contribution >= 0.6 is 39.1 Å². The fourth-order valence-electron chi connectivity index (χ4n) is 5.95. The van der Waals surface area contributed by atoms with Crippen LogP contribution in [0.3, 0.4) is 0 Å². The molecule has 2 bridgehead atoms. The Labute approximate surface area is 220 Å². The first-order chi connectivity index (χ1) is 16.7. The number of imide groups is 1. The number of alkyl halides is 2. The zero-order valence-electron chi connectivity index (χ0n) is 18.5. The number of likely N-dealkylation sites (tertiary alicyclic amines) is 1. The molecule has 2 atom stereocenters. The highest BCUT2D eigenvalue weighted by atomic mass is 79.9. The lowest BCUT2D eigenvalue weighted by molar-refractivity contribution is -0.142. The van der Waals surface area contributed by atoms with Crippen molar-refractivity contribution in [3.63, 3.8) is 0 Å². The molecule has 1 N–H and O–H groups in total. The number of hydrogen-bond donors (Lipinski definition) is 1. The van der Waals surface area contributed by atoms with Crippen molar-refractivity contribution in [1.82, 2.24) is 4.90 Å². The minimum atomic E-state index is -1.25. The van der Waals surface area contributed by atoms with Crippen LogP contribution in [0, 0.1) is 18.8 Å². The molecule has 3 aliphatic carbocycles. The Bertz CT molecular complexity index is 1330. The van der Waals surface area contributed by atoms with E-state index in [1.807, 2.05) is 67.6 Å². The summed E-state index contributed by atoms with van der Waals surface area (Å²) in [6, 6.07) is 20.3. The average Bonchev–Trinajstić information content (AvgIpc) is 3.10. The van der Waals surface area contributed by atoms with E-state index in [4.69, 9.17) is 23.2 Å². The first-order valence-corrected chi connectivity index (χ1v) is 12.7. The average molecular weight is 570 g/mol. The van der Waals surface area contributed by atoms with Crippen molar-refractivity contribution in [2.24, 2.45) is 11.8 Å². The molecular formula is C27H19BrCl2N2O3. The maximum absolute atomic E-state index is 13.8. The number of aryl methyl sites for hydroxylation is 1. The largest absolute Gasteiger partial charge is 0.325 e. The Morgan fingerprint density at radius 1 is 0.886 bits per heavy atom. The summed E-state index contributed by atoms with van der Waals surface area (Å²) < 4.78 is 0.916. The molecule has 1 fully saturated rings. The van der Waals surface area contributed by atoms with Gasteiger partial charge >= 0.3 is 0 Å². The van der Waals surface area contributed by atoms with E-state index in [2.05, 4.69) is 21.2 Å². The molecule has 0 radical (unpaired) electrons. The van der Waals surface area contributed by atoms with Gasteiger partial charge in [0.15, 0.2) is 0 Å². The molecule has 0 aromatic heterocycles. The molecule has 8 heteroatoms. The van der Waals surface area contributed by atoms with E-state index in [0.29, 0.717) is 5.69 Å². The van der Waals surface area contributed by atoms with E-state index < -0.39 is 45.9 Å². The van der Waals surface area contributed by atoms with Crippen LogP contribution in [0.1, 0.15) is 27.8 Å². The lowest BCUT2D eigenvalue weighted by Gasteiger charge is -2.54. The van der Waals surface area contributed by atoms with E-state index >= 15 is 0 Å². The van der Waals surface area contributed by atoms with E-state index in [1.54, 1.807) is 6.07 Å². The van der Waals surface area contributed by atoms with Crippen LogP contribution in [-0.2, 0) is 24.1 Å². The number of anilines is 1. The second-order valence-corrected chi connectivity index (χ2v) is 11.3. The van der Waals surface area contributed by atoms with Crippen molar-refractivity contribution in [3.05, 3.63) is 99.0 Å². The molecule has 176 valence electrons. The SMILES string of the molecule is Cc1cc(NC(=O)CN2C(=O)[C@@H]3[C@@H](C2=O)C2(Cl)c4ccccc4C3(Cl)c3ccccc32)ccc1Br. The lowest BCUT2D eigenvalue weighted by atomic mass is 9.54. The molecule has 1 heterocycles. The zero-order chi connectivity index (χ0) is 24.7. The molecule has 0 unspecified atom stereocenters. The van der Waals surface area contributed by atoms with Crippen LogP contribution in [0.4, 0.5) is 5.69 Å². The van der Waals surface area contributed by atoms with E-state index in [1.165, 1.54) is 0 Å². The summed E-state index contributed by atoms with van der Waals surface area (Å²) in [5.41, 5.74) is 4.45. The number of nitrogens with zero attached hydrogens (tertiary/aromatic N) is 1. The van der Waals surface area contributed by atoms with E-state index in [-0.39, 0.29) is 0 Å². The highest BCUT2D eigenvalue weighted by Gasteiger charge is 2.73. The Kier molecular flexibility index (Phi) is 4.99. The van der Waals surface area contributed by atoms with Crippen LogP contribution in [-0.4, -0.2) is 29.2 Å². The highest BCUT2D eigenvalue weighted by Crippen LogP contribution is 2.69. The van der Waals surface area contributed by atoms with Crippen molar-refractivity contribution in [2.75, 3.05) is 11.9 Å². The number of amides is 3. The van der Waals surface area contributed by atoms with E-state index in [9.17, 15) is 14.4 Å². The molecule has 7 rings (SSSR count). The number of benzene rings is 3. The third-order valence-electron chi connectivity index (χ3n) is 7.42. The highest BCUT2D eigenvalue weighted by molar-refractivity contribution is 9.10. The lowest BCUT2D eigenvalue weighted by Crippen LogP contribution is -2.57. The van der Waals surface area contributed by atoms with Crippen LogP contribution < -0.4 is 5.32 Å². The Morgan fingerprint density at radius 3 is 1.77 bits per heavy atom. The van der Waals surface area contributed by atoms with Gasteiger partial charge < -0.3 is 5.32 Å². The predicted octanol–water partition coefficient (Wildman–Crippen LogP) is 5.29. The molecule has 4 aliphatic rings. The van der Waals surface area contributed by atoms with Gasteiger partial charge in [-0.2, -0.15) is 0 Å². The maximum atomic E-state index is 13.8. The fourth-order valence-corrected chi connectivity index (χ4v) is 7.29. The van der Waals surface area contributed by atoms with Gasteiger partial charge in [0.2, 0.25) is 17.7 Å².